The van der Waals surface area contributed by atoms with Gasteiger partial charge in [0.2, 0.25) is 0 Å². The van der Waals surface area contributed by atoms with E-state index in [0.717, 1.165) is 31.4 Å². The van der Waals surface area contributed by atoms with Gasteiger partial charge >= 0.3 is 0 Å². The van der Waals surface area contributed by atoms with Gasteiger partial charge in [0, 0.05) is 32.4 Å². The SMILES string of the molecule is NCc1ccc(OC2CCOC3(CCOC3)C2)c(F)c1. The van der Waals surface area contributed by atoms with Crippen LogP contribution in [0.3, 0.4) is 0 Å². The molecule has 5 heteroatoms. The van der Waals surface area contributed by atoms with Gasteiger partial charge in [-0.15, -0.1) is 0 Å². The average molecular weight is 281 g/mol. The van der Waals surface area contributed by atoms with E-state index in [-0.39, 0.29) is 17.5 Å². The number of ether oxygens (including phenoxy) is 3. The van der Waals surface area contributed by atoms with Crippen LogP contribution in [0.5, 0.6) is 5.75 Å². The summed E-state index contributed by atoms with van der Waals surface area (Å²) in [5.41, 5.74) is 6.03. The highest BCUT2D eigenvalue weighted by Gasteiger charge is 2.41. The molecule has 0 bridgehead atoms. The molecule has 2 fully saturated rings. The summed E-state index contributed by atoms with van der Waals surface area (Å²) in [5.74, 6) is -0.0562. The van der Waals surface area contributed by atoms with Crippen LogP contribution in [-0.4, -0.2) is 31.5 Å². The van der Waals surface area contributed by atoms with E-state index >= 15 is 0 Å². The van der Waals surface area contributed by atoms with E-state index in [0.29, 0.717) is 25.5 Å². The predicted octanol–water partition coefficient (Wildman–Crippen LogP) is 2.00. The zero-order valence-corrected chi connectivity index (χ0v) is 11.4. The van der Waals surface area contributed by atoms with E-state index in [4.69, 9.17) is 19.9 Å². The van der Waals surface area contributed by atoms with Crippen molar-refractivity contribution in [1.82, 2.24) is 0 Å². The Hall–Kier alpha value is -1.17. The molecule has 20 heavy (non-hydrogen) atoms. The lowest BCUT2D eigenvalue weighted by Crippen LogP contribution is -2.44. The Morgan fingerprint density at radius 1 is 1.40 bits per heavy atom. The highest BCUT2D eigenvalue weighted by Crippen LogP contribution is 2.35. The molecule has 2 unspecified atom stereocenters. The summed E-state index contributed by atoms with van der Waals surface area (Å²) in [6.45, 7) is 2.30. The van der Waals surface area contributed by atoms with Crippen LogP contribution in [0.25, 0.3) is 0 Å². The zero-order valence-electron chi connectivity index (χ0n) is 11.4. The predicted molar refractivity (Wildman–Crippen MR) is 72.1 cm³/mol. The number of benzene rings is 1. The van der Waals surface area contributed by atoms with Crippen LogP contribution < -0.4 is 10.5 Å². The Bertz CT molecular complexity index is 474. The first-order valence-electron chi connectivity index (χ1n) is 7.08. The maximum Gasteiger partial charge on any atom is 0.165 e. The van der Waals surface area contributed by atoms with Crippen LogP contribution in [0.1, 0.15) is 24.8 Å². The average Bonchev–Trinajstić information content (AvgIpc) is 2.89. The van der Waals surface area contributed by atoms with E-state index in [2.05, 4.69) is 0 Å². The molecule has 0 radical (unpaired) electrons. The highest BCUT2D eigenvalue weighted by atomic mass is 19.1. The summed E-state index contributed by atoms with van der Waals surface area (Å²) in [6, 6.07) is 4.89. The normalized spacial score (nSPS) is 29.8. The molecule has 1 aromatic rings. The molecule has 0 saturated carbocycles. The second-order valence-electron chi connectivity index (χ2n) is 5.54. The van der Waals surface area contributed by atoms with Crippen molar-refractivity contribution >= 4 is 0 Å². The third kappa shape index (κ3) is 2.80. The Morgan fingerprint density at radius 3 is 3.00 bits per heavy atom. The first-order chi connectivity index (χ1) is 9.71. The molecule has 2 atom stereocenters. The fraction of sp³-hybridized carbons (Fsp3) is 0.600. The first-order valence-corrected chi connectivity index (χ1v) is 7.08. The summed E-state index contributed by atoms with van der Waals surface area (Å²) in [4.78, 5) is 0. The second-order valence-corrected chi connectivity index (χ2v) is 5.54. The summed E-state index contributed by atoms with van der Waals surface area (Å²) < 4.78 is 31.0. The van der Waals surface area contributed by atoms with Gasteiger partial charge < -0.3 is 19.9 Å². The number of rotatable bonds is 3. The zero-order chi connectivity index (χ0) is 14.0. The van der Waals surface area contributed by atoms with Crippen LogP contribution in [0.15, 0.2) is 18.2 Å². The molecule has 0 aromatic heterocycles. The molecule has 2 aliphatic heterocycles. The molecule has 0 amide bonds. The molecule has 2 heterocycles. The molecule has 2 saturated heterocycles. The van der Waals surface area contributed by atoms with Crippen LogP contribution >= 0.6 is 0 Å². The second kappa shape index (κ2) is 5.68. The molecule has 3 rings (SSSR count). The minimum absolute atomic E-state index is 0.0244. The minimum atomic E-state index is -0.351. The van der Waals surface area contributed by atoms with E-state index in [1.807, 2.05) is 0 Å². The highest BCUT2D eigenvalue weighted by molar-refractivity contribution is 5.29. The standard InChI is InChI=1S/C15H20FNO3/c16-13-7-11(9-17)1-2-14(13)20-12-3-5-19-15(8-12)4-6-18-10-15/h1-2,7,12H,3-6,8-10,17H2. The van der Waals surface area contributed by atoms with Crippen LogP contribution in [0, 0.1) is 5.82 Å². The molecule has 110 valence electrons. The number of nitrogens with two attached hydrogens (primary N) is 1. The Kier molecular flexibility index (Phi) is 3.92. The lowest BCUT2D eigenvalue weighted by Gasteiger charge is -2.37. The lowest BCUT2D eigenvalue weighted by molar-refractivity contribution is -0.112. The van der Waals surface area contributed by atoms with Gasteiger partial charge in [-0.2, -0.15) is 0 Å². The van der Waals surface area contributed by atoms with Gasteiger partial charge in [0.1, 0.15) is 6.10 Å². The summed E-state index contributed by atoms with van der Waals surface area (Å²) in [7, 11) is 0. The van der Waals surface area contributed by atoms with Crippen molar-refractivity contribution in [3.05, 3.63) is 29.6 Å². The molecule has 4 nitrogen and oxygen atoms in total. The Balaban J connectivity index is 1.68. The summed E-state index contributed by atoms with van der Waals surface area (Å²) in [5, 5.41) is 0. The largest absolute Gasteiger partial charge is 0.487 e. The first kappa shape index (κ1) is 13.8. The van der Waals surface area contributed by atoms with Crippen molar-refractivity contribution in [2.75, 3.05) is 19.8 Å². The van der Waals surface area contributed by atoms with Gasteiger partial charge in [-0.25, -0.2) is 4.39 Å². The van der Waals surface area contributed by atoms with E-state index in [1.165, 1.54) is 6.07 Å². The van der Waals surface area contributed by atoms with E-state index in [1.54, 1.807) is 12.1 Å². The van der Waals surface area contributed by atoms with Crippen LogP contribution in [0.2, 0.25) is 0 Å². The van der Waals surface area contributed by atoms with Crippen LogP contribution in [-0.2, 0) is 16.0 Å². The van der Waals surface area contributed by atoms with Crippen molar-refractivity contribution in [3.8, 4) is 5.75 Å². The van der Waals surface area contributed by atoms with Gasteiger partial charge in [-0.1, -0.05) is 6.07 Å². The van der Waals surface area contributed by atoms with Crippen molar-refractivity contribution in [2.24, 2.45) is 5.73 Å². The Morgan fingerprint density at radius 2 is 2.30 bits per heavy atom. The van der Waals surface area contributed by atoms with Crippen molar-refractivity contribution in [1.29, 1.82) is 0 Å². The van der Waals surface area contributed by atoms with Crippen molar-refractivity contribution in [3.63, 3.8) is 0 Å². The fourth-order valence-corrected chi connectivity index (χ4v) is 2.89. The van der Waals surface area contributed by atoms with E-state index < -0.39 is 0 Å². The van der Waals surface area contributed by atoms with Gasteiger partial charge in [-0.3, -0.25) is 0 Å². The third-order valence-electron chi connectivity index (χ3n) is 4.04. The van der Waals surface area contributed by atoms with Gasteiger partial charge in [-0.05, 0) is 17.7 Å². The topological polar surface area (TPSA) is 53.7 Å². The summed E-state index contributed by atoms with van der Waals surface area (Å²) >= 11 is 0. The fourth-order valence-electron chi connectivity index (χ4n) is 2.89. The van der Waals surface area contributed by atoms with Gasteiger partial charge in [0.25, 0.3) is 0 Å². The number of hydrogen-bond donors (Lipinski definition) is 1. The smallest absolute Gasteiger partial charge is 0.165 e. The summed E-state index contributed by atoms with van der Waals surface area (Å²) in [6.07, 6.45) is 2.40. The van der Waals surface area contributed by atoms with Crippen LogP contribution in [0.4, 0.5) is 4.39 Å². The molecule has 2 N–H and O–H groups in total. The molecule has 1 spiro atoms. The minimum Gasteiger partial charge on any atom is -0.487 e. The van der Waals surface area contributed by atoms with Crippen molar-refractivity contribution in [2.45, 2.75) is 37.5 Å². The van der Waals surface area contributed by atoms with Crippen molar-refractivity contribution < 1.29 is 18.6 Å². The lowest BCUT2D eigenvalue weighted by atomic mass is 9.91. The monoisotopic (exact) mass is 281 g/mol. The maximum atomic E-state index is 13.9. The molecule has 1 aromatic carbocycles. The molecule has 0 aliphatic carbocycles. The Labute approximate surface area is 118 Å². The van der Waals surface area contributed by atoms with Gasteiger partial charge in [0.05, 0.1) is 18.8 Å². The number of halogens is 1. The number of hydrogen-bond acceptors (Lipinski definition) is 4. The molecular formula is C15H20FNO3. The maximum absolute atomic E-state index is 13.9. The van der Waals surface area contributed by atoms with Gasteiger partial charge in [0.15, 0.2) is 11.6 Å². The third-order valence-corrected chi connectivity index (χ3v) is 4.04. The van der Waals surface area contributed by atoms with E-state index in [9.17, 15) is 4.39 Å². The quantitative estimate of drug-likeness (QED) is 0.920. The molecule has 2 aliphatic rings. The molecular weight excluding hydrogens is 261 g/mol.